The van der Waals surface area contributed by atoms with E-state index in [1.54, 1.807) is 10.4 Å². The molecule has 0 spiro atoms. The van der Waals surface area contributed by atoms with E-state index in [0.29, 0.717) is 6.04 Å². The molecule has 1 nitrogen and oxygen atoms in total. The molecule has 0 radical (unpaired) electrons. The first-order valence-electron chi connectivity index (χ1n) is 7.25. The fourth-order valence-electron chi connectivity index (χ4n) is 2.78. The van der Waals surface area contributed by atoms with Gasteiger partial charge in [-0.25, -0.2) is 0 Å². The maximum Gasteiger partial charge on any atom is 0.0765 e. The van der Waals surface area contributed by atoms with Crippen LogP contribution < -0.4 is 5.32 Å². The molecule has 0 fully saturated rings. The highest BCUT2D eigenvalue weighted by Crippen LogP contribution is 2.37. The second-order valence-corrected chi connectivity index (χ2v) is 7.47. The summed E-state index contributed by atoms with van der Waals surface area (Å²) in [5.74, 6) is 0. The molecule has 0 aliphatic heterocycles. The van der Waals surface area contributed by atoms with Crippen molar-refractivity contribution in [3.05, 3.63) is 43.3 Å². The van der Waals surface area contributed by atoms with Crippen molar-refractivity contribution in [2.24, 2.45) is 0 Å². The molecule has 2 heterocycles. The van der Waals surface area contributed by atoms with Gasteiger partial charge in [0.15, 0.2) is 0 Å². The number of hydrogen-bond donors (Lipinski definition) is 1. The molecule has 1 N–H and O–H groups in total. The molecule has 1 aliphatic rings. The highest BCUT2D eigenvalue weighted by atomic mass is 32.1. The van der Waals surface area contributed by atoms with E-state index >= 15 is 0 Å². The van der Waals surface area contributed by atoms with E-state index in [1.807, 2.05) is 22.7 Å². The average Bonchev–Trinajstić information content (AvgIpc) is 3.10. The SMILES string of the molecule is CCNC(c1ccc(CC)s1)c1cc2c(s1)CCC2. The van der Waals surface area contributed by atoms with E-state index < -0.39 is 0 Å². The first-order valence-corrected chi connectivity index (χ1v) is 8.88. The van der Waals surface area contributed by atoms with Crippen molar-refractivity contribution in [2.75, 3.05) is 6.54 Å². The van der Waals surface area contributed by atoms with E-state index in [-0.39, 0.29) is 0 Å². The lowest BCUT2D eigenvalue weighted by molar-refractivity contribution is 0.648. The number of nitrogens with one attached hydrogen (secondary N) is 1. The Hall–Kier alpha value is -0.640. The van der Waals surface area contributed by atoms with Crippen LogP contribution in [0.3, 0.4) is 0 Å². The smallest absolute Gasteiger partial charge is 0.0765 e. The van der Waals surface area contributed by atoms with Gasteiger partial charge in [0.25, 0.3) is 0 Å². The van der Waals surface area contributed by atoms with Crippen LogP contribution in [0.4, 0.5) is 0 Å². The van der Waals surface area contributed by atoms with Crippen LogP contribution in [0.15, 0.2) is 18.2 Å². The first-order chi connectivity index (χ1) is 9.31. The third kappa shape index (κ3) is 2.64. The van der Waals surface area contributed by atoms with E-state index in [1.165, 1.54) is 33.9 Å². The molecule has 1 aliphatic carbocycles. The van der Waals surface area contributed by atoms with E-state index in [0.717, 1.165) is 13.0 Å². The normalized spacial score (nSPS) is 15.7. The van der Waals surface area contributed by atoms with Gasteiger partial charge in [-0.05, 0) is 56.0 Å². The number of hydrogen-bond acceptors (Lipinski definition) is 3. The Kier molecular flexibility index (Phi) is 4.06. The summed E-state index contributed by atoms with van der Waals surface area (Å²) in [6.07, 6.45) is 5.08. The molecule has 0 saturated heterocycles. The standard InChI is InChI=1S/C16H21NS2/c1-3-12-8-9-14(18-12)16(17-4-2)15-10-11-6-5-7-13(11)19-15/h8-10,16-17H,3-7H2,1-2H3. The van der Waals surface area contributed by atoms with Crippen molar-refractivity contribution in [3.63, 3.8) is 0 Å². The van der Waals surface area contributed by atoms with Gasteiger partial charge < -0.3 is 5.32 Å². The Morgan fingerprint density at radius 1 is 1.16 bits per heavy atom. The fourth-order valence-corrected chi connectivity index (χ4v) is 5.25. The summed E-state index contributed by atoms with van der Waals surface area (Å²) in [7, 11) is 0. The molecule has 0 amide bonds. The molecule has 2 aromatic rings. The lowest BCUT2D eigenvalue weighted by Crippen LogP contribution is -2.20. The number of fused-ring (bicyclic) bond motifs is 1. The van der Waals surface area contributed by atoms with Crippen LogP contribution in [-0.4, -0.2) is 6.54 Å². The van der Waals surface area contributed by atoms with Crippen molar-refractivity contribution in [2.45, 2.75) is 45.6 Å². The molecule has 19 heavy (non-hydrogen) atoms. The number of aryl methyl sites for hydroxylation is 3. The fraction of sp³-hybridized carbons (Fsp3) is 0.500. The van der Waals surface area contributed by atoms with Gasteiger partial charge in [-0.3, -0.25) is 0 Å². The molecule has 2 aromatic heterocycles. The highest BCUT2D eigenvalue weighted by molar-refractivity contribution is 7.13. The summed E-state index contributed by atoms with van der Waals surface area (Å²) in [6.45, 7) is 5.45. The predicted molar refractivity (Wildman–Crippen MR) is 85.6 cm³/mol. The summed E-state index contributed by atoms with van der Waals surface area (Å²) < 4.78 is 0. The molecule has 0 aromatic carbocycles. The molecule has 102 valence electrons. The maximum absolute atomic E-state index is 3.66. The van der Waals surface area contributed by atoms with Crippen molar-refractivity contribution in [1.29, 1.82) is 0 Å². The second kappa shape index (κ2) is 5.78. The Labute approximate surface area is 123 Å². The van der Waals surface area contributed by atoms with E-state index in [2.05, 4.69) is 37.4 Å². The molecule has 3 heteroatoms. The molecular formula is C16H21NS2. The zero-order valence-electron chi connectivity index (χ0n) is 11.7. The molecule has 0 bridgehead atoms. The largest absolute Gasteiger partial charge is 0.305 e. The summed E-state index contributed by atoms with van der Waals surface area (Å²) in [5, 5.41) is 3.66. The maximum atomic E-state index is 3.66. The quantitative estimate of drug-likeness (QED) is 0.851. The summed E-state index contributed by atoms with van der Waals surface area (Å²) in [5.41, 5.74) is 1.61. The van der Waals surface area contributed by atoms with Gasteiger partial charge in [0.2, 0.25) is 0 Å². The minimum atomic E-state index is 0.408. The lowest BCUT2D eigenvalue weighted by atomic mass is 10.1. The average molecular weight is 291 g/mol. The van der Waals surface area contributed by atoms with E-state index in [4.69, 9.17) is 0 Å². The van der Waals surface area contributed by atoms with Gasteiger partial charge in [-0.2, -0.15) is 0 Å². The minimum absolute atomic E-state index is 0.408. The molecular weight excluding hydrogens is 270 g/mol. The van der Waals surface area contributed by atoms with Crippen molar-refractivity contribution < 1.29 is 0 Å². The first kappa shape index (κ1) is 13.3. The van der Waals surface area contributed by atoms with Crippen LogP contribution in [0.5, 0.6) is 0 Å². The molecule has 1 atom stereocenters. The summed E-state index contributed by atoms with van der Waals surface area (Å²) in [6, 6.07) is 7.45. The van der Waals surface area contributed by atoms with Crippen LogP contribution in [0.25, 0.3) is 0 Å². The van der Waals surface area contributed by atoms with Gasteiger partial charge in [0.05, 0.1) is 6.04 Å². The molecule has 1 unspecified atom stereocenters. The zero-order chi connectivity index (χ0) is 13.2. The van der Waals surface area contributed by atoms with Crippen LogP contribution in [0.1, 0.15) is 51.4 Å². The monoisotopic (exact) mass is 291 g/mol. The van der Waals surface area contributed by atoms with Crippen LogP contribution >= 0.6 is 22.7 Å². The molecule has 3 rings (SSSR count). The van der Waals surface area contributed by atoms with Crippen LogP contribution in [0, 0.1) is 0 Å². The lowest BCUT2D eigenvalue weighted by Gasteiger charge is -2.14. The van der Waals surface area contributed by atoms with Crippen molar-refractivity contribution in [1.82, 2.24) is 5.32 Å². The second-order valence-electron chi connectivity index (χ2n) is 5.10. The van der Waals surface area contributed by atoms with Gasteiger partial charge in [-0.1, -0.05) is 13.8 Å². The van der Waals surface area contributed by atoms with Gasteiger partial charge >= 0.3 is 0 Å². The van der Waals surface area contributed by atoms with Crippen molar-refractivity contribution in [3.8, 4) is 0 Å². The number of thiophene rings is 2. The number of rotatable bonds is 5. The topological polar surface area (TPSA) is 12.0 Å². The van der Waals surface area contributed by atoms with Crippen LogP contribution in [0.2, 0.25) is 0 Å². The third-order valence-electron chi connectivity index (χ3n) is 3.77. The Bertz CT molecular complexity index is 531. The summed E-state index contributed by atoms with van der Waals surface area (Å²) >= 11 is 3.99. The Morgan fingerprint density at radius 3 is 2.74 bits per heavy atom. The van der Waals surface area contributed by atoms with Crippen LogP contribution in [-0.2, 0) is 19.3 Å². The van der Waals surface area contributed by atoms with Gasteiger partial charge in [0.1, 0.15) is 0 Å². The zero-order valence-corrected chi connectivity index (χ0v) is 13.3. The van der Waals surface area contributed by atoms with Crippen molar-refractivity contribution >= 4 is 22.7 Å². The predicted octanol–water partition coefficient (Wildman–Crippen LogP) is 4.56. The highest BCUT2D eigenvalue weighted by Gasteiger charge is 2.21. The van der Waals surface area contributed by atoms with Gasteiger partial charge in [0, 0.05) is 19.5 Å². The molecule has 0 saturated carbocycles. The Balaban J connectivity index is 1.90. The third-order valence-corrected chi connectivity index (χ3v) is 6.37. The van der Waals surface area contributed by atoms with E-state index in [9.17, 15) is 0 Å². The van der Waals surface area contributed by atoms with Gasteiger partial charge in [-0.15, -0.1) is 22.7 Å². The Morgan fingerprint density at radius 2 is 2.05 bits per heavy atom. The summed E-state index contributed by atoms with van der Waals surface area (Å²) in [4.78, 5) is 6.10. The minimum Gasteiger partial charge on any atom is -0.305 e.